The van der Waals surface area contributed by atoms with Gasteiger partial charge in [-0.05, 0) is 66.3 Å². The smallest absolute Gasteiger partial charge is 0.0722 e. The summed E-state index contributed by atoms with van der Waals surface area (Å²) in [4.78, 5) is 5.14. The lowest BCUT2D eigenvalue weighted by Gasteiger charge is -2.12. The van der Waals surface area contributed by atoms with E-state index >= 15 is 0 Å². The fraction of sp³-hybridized carbons (Fsp3) is 0.100. The first-order valence-electron chi connectivity index (χ1n) is 10.7. The maximum atomic E-state index is 5.14. The van der Waals surface area contributed by atoms with Crippen LogP contribution in [-0.2, 0) is 0 Å². The second kappa shape index (κ2) is 7.85. The van der Waals surface area contributed by atoms with Gasteiger partial charge >= 0.3 is 0 Å². The Labute approximate surface area is 184 Å². The van der Waals surface area contributed by atoms with E-state index in [4.69, 9.17) is 4.98 Å². The Morgan fingerprint density at radius 2 is 1.06 bits per heavy atom. The standard InChI is InChI=1S/C30H25N/c1-20-16-21(2)26-14-15-27(30(26)22(3)17-20)29-19-25(23-10-6-4-7-11-23)18-28(31-29)24-12-8-5-9-13-24/h4-19H,1-3H3. The van der Waals surface area contributed by atoms with Gasteiger partial charge in [-0.2, -0.15) is 0 Å². The van der Waals surface area contributed by atoms with E-state index in [2.05, 4.69) is 112 Å². The van der Waals surface area contributed by atoms with Crippen molar-refractivity contribution in [3.63, 3.8) is 0 Å². The van der Waals surface area contributed by atoms with E-state index in [-0.39, 0.29) is 0 Å². The summed E-state index contributed by atoms with van der Waals surface area (Å²) >= 11 is 0. The van der Waals surface area contributed by atoms with Crippen LogP contribution in [0.5, 0.6) is 0 Å². The third kappa shape index (κ3) is 3.64. The lowest BCUT2D eigenvalue weighted by atomic mass is 9.97. The molecule has 1 aromatic heterocycles. The number of aryl methyl sites for hydroxylation is 3. The molecule has 0 atom stereocenters. The maximum absolute atomic E-state index is 5.14. The molecule has 0 spiro atoms. The SMILES string of the molecule is Cc1cc(C)c2ccc(-c3cc(-c4ccccc4)cc(-c4ccccc4)n3)c-2c(C)c1. The molecule has 3 aromatic rings. The van der Waals surface area contributed by atoms with Crippen LogP contribution in [0, 0.1) is 20.8 Å². The molecule has 1 heteroatoms. The molecule has 1 heterocycles. The Balaban J connectivity index is 1.78. The number of fused-ring (bicyclic) bond motifs is 1. The van der Waals surface area contributed by atoms with Gasteiger partial charge in [-0.1, -0.05) is 90.5 Å². The summed E-state index contributed by atoms with van der Waals surface area (Å²) < 4.78 is 0. The molecular formula is C30H25N. The van der Waals surface area contributed by atoms with E-state index in [1.807, 2.05) is 6.07 Å². The number of hydrogen-bond donors (Lipinski definition) is 0. The number of hydrogen-bond acceptors (Lipinski definition) is 1. The van der Waals surface area contributed by atoms with Crippen molar-refractivity contribution in [3.05, 3.63) is 114 Å². The molecule has 150 valence electrons. The molecule has 0 bridgehead atoms. The summed E-state index contributed by atoms with van der Waals surface area (Å²) in [6.45, 7) is 6.57. The summed E-state index contributed by atoms with van der Waals surface area (Å²) in [5.41, 5.74) is 13.2. The third-order valence-electron chi connectivity index (χ3n) is 5.94. The van der Waals surface area contributed by atoms with Gasteiger partial charge in [-0.15, -0.1) is 0 Å². The van der Waals surface area contributed by atoms with Gasteiger partial charge in [-0.3, -0.25) is 0 Å². The first-order valence-corrected chi connectivity index (χ1v) is 10.7. The van der Waals surface area contributed by atoms with Crippen LogP contribution >= 0.6 is 0 Å². The third-order valence-corrected chi connectivity index (χ3v) is 5.94. The zero-order chi connectivity index (χ0) is 21.4. The molecule has 0 fully saturated rings. The van der Waals surface area contributed by atoms with Crippen molar-refractivity contribution in [2.75, 3.05) is 0 Å². The van der Waals surface area contributed by atoms with Gasteiger partial charge in [0.15, 0.2) is 0 Å². The molecule has 0 radical (unpaired) electrons. The van der Waals surface area contributed by atoms with Crippen molar-refractivity contribution in [3.8, 4) is 44.8 Å². The molecule has 2 aliphatic carbocycles. The summed E-state index contributed by atoms with van der Waals surface area (Å²) in [6, 6.07) is 34.4. The normalized spacial score (nSPS) is 11.1. The van der Waals surface area contributed by atoms with Gasteiger partial charge in [0.2, 0.25) is 0 Å². The van der Waals surface area contributed by atoms with Gasteiger partial charge < -0.3 is 0 Å². The highest BCUT2D eigenvalue weighted by Gasteiger charge is 2.18. The molecule has 31 heavy (non-hydrogen) atoms. The zero-order valence-corrected chi connectivity index (χ0v) is 18.2. The molecule has 5 rings (SSSR count). The van der Waals surface area contributed by atoms with E-state index in [1.165, 1.54) is 44.5 Å². The van der Waals surface area contributed by atoms with Gasteiger partial charge in [0, 0.05) is 11.1 Å². The van der Waals surface area contributed by atoms with Gasteiger partial charge in [0.25, 0.3) is 0 Å². The van der Waals surface area contributed by atoms with Crippen LogP contribution in [0.15, 0.2) is 97.1 Å². The minimum absolute atomic E-state index is 0.997. The molecule has 2 aliphatic rings. The fourth-order valence-corrected chi connectivity index (χ4v) is 4.54. The van der Waals surface area contributed by atoms with Crippen LogP contribution in [-0.4, -0.2) is 4.98 Å². The Hall–Kier alpha value is -3.71. The molecule has 0 N–H and O–H groups in total. The molecule has 0 saturated heterocycles. The first-order chi connectivity index (χ1) is 15.1. The number of nitrogens with zero attached hydrogens (tertiary/aromatic N) is 1. The van der Waals surface area contributed by atoms with Crippen LogP contribution in [0.1, 0.15) is 16.7 Å². The molecular weight excluding hydrogens is 374 g/mol. The molecule has 0 aliphatic heterocycles. The van der Waals surface area contributed by atoms with Crippen molar-refractivity contribution in [2.24, 2.45) is 0 Å². The predicted molar refractivity (Wildman–Crippen MR) is 131 cm³/mol. The fourth-order valence-electron chi connectivity index (χ4n) is 4.54. The number of aromatic nitrogens is 1. The minimum Gasteiger partial charge on any atom is -0.248 e. The largest absolute Gasteiger partial charge is 0.248 e. The second-order valence-corrected chi connectivity index (χ2v) is 8.29. The molecule has 0 saturated carbocycles. The Morgan fingerprint density at radius 1 is 0.484 bits per heavy atom. The van der Waals surface area contributed by atoms with Crippen LogP contribution in [0.25, 0.3) is 44.8 Å². The quantitative estimate of drug-likeness (QED) is 0.298. The molecule has 0 unspecified atom stereocenters. The molecule has 0 amide bonds. The van der Waals surface area contributed by atoms with E-state index < -0.39 is 0 Å². The van der Waals surface area contributed by atoms with Gasteiger partial charge in [0.05, 0.1) is 11.4 Å². The molecule has 1 nitrogen and oxygen atoms in total. The minimum atomic E-state index is 0.997. The molecule has 2 aromatic carbocycles. The second-order valence-electron chi connectivity index (χ2n) is 8.29. The van der Waals surface area contributed by atoms with Crippen LogP contribution < -0.4 is 0 Å². The average Bonchev–Trinajstić information content (AvgIpc) is 3.21. The van der Waals surface area contributed by atoms with E-state index in [9.17, 15) is 0 Å². The maximum Gasteiger partial charge on any atom is 0.0722 e. The van der Waals surface area contributed by atoms with Crippen molar-refractivity contribution < 1.29 is 0 Å². The monoisotopic (exact) mass is 399 g/mol. The predicted octanol–water partition coefficient (Wildman–Crippen LogP) is 8.11. The van der Waals surface area contributed by atoms with Crippen LogP contribution in [0.3, 0.4) is 0 Å². The lowest BCUT2D eigenvalue weighted by molar-refractivity contribution is 1.32. The summed E-state index contributed by atoms with van der Waals surface area (Å²) in [6.07, 6.45) is 0. The van der Waals surface area contributed by atoms with E-state index in [0.29, 0.717) is 0 Å². The van der Waals surface area contributed by atoms with Gasteiger partial charge in [-0.25, -0.2) is 4.98 Å². The highest BCUT2D eigenvalue weighted by atomic mass is 14.7. The Kier molecular flexibility index (Phi) is 4.88. The van der Waals surface area contributed by atoms with Crippen molar-refractivity contribution >= 4 is 0 Å². The summed E-state index contributed by atoms with van der Waals surface area (Å²) in [5.74, 6) is 0. The first kappa shape index (κ1) is 19.3. The number of pyridine rings is 1. The van der Waals surface area contributed by atoms with E-state index in [0.717, 1.165) is 17.0 Å². The van der Waals surface area contributed by atoms with Crippen molar-refractivity contribution in [1.29, 1.82) is 0 Å². The Bertz CT molecular complexity index is 1280. The topological polar surface area (TPSA) is 12.9 Å². The average molecular weight is 400 g/mol. The summed E-state index contributed by atoms with van der Waals surface area (Å²) in [7, 11) is 0. The van der Waals surface area contributed by atoms with Crippen LogP contribution in [0.2, 0.25) is 0 Å². The van der Waals surface area contributed by atoms with Crippen LogP contribution in [0.4, 0.5) is 0 Å². The van der Waals surface area contributed by atoms with E-state index in [1.54, 1.807) is 0 Å². The Morgan fingerprint density at radius 3 is 1.77 bits per heavy atom. The number of benzene rings is 2. The highest BCUT2D eigenvalue weighted by Crippen LogP contribution is 2.40. The number of rotatable bonds is 3. The zero-order valence-electron chi connectivity index (χ0n) is 18.2. The van der Waals surface area contributed by atoms with Crippen molar-refractivity contribution in [1.82, 2.24) is 4.98 Å². The highest BCUT2D eigenvalue weighted by molar-refractivity contribution is 5.90. The van der Waals surface area contributed by atoms with Gasteiger partial charge in [0.1, 0.15) is 0 Å². The summed E-state index contributed by atoms with van der Waals surface area (Å²) in [5, 5.41) is 0. The lowest BCUT2D eigenvalue weighted by Crippen LogP contribution is -1.92. The van der Waals surface area contributed by atoms with Crippen molar-refractivity contribution in [2.45, 2.75) is 20.8 Å².